The Morgan fingerprint density at radius 3 is 2.06 bits per heavy atom. The second kappa shape index (κ2) is 10.2. The standard InChI is InChI=1S/C24H25N3O4S/c1-17(2)27-32(30,31)21-15-9-12-19(16-21)23(28)26-22(18-10-5-3-6-11-18)24(29)25-20-13-7-4-8-14-20/h3-17,22,27H,1-2H3,(H,25,29)(H,26,28). The minimum Gasteiger partial charge on any atom is -0.336 e. The van der Waals surface area contributed by atoms with Gasteiger partial charge < -0.3 is 10.6 Å². The van der Waals surface area contributed by atoms with Gasteiger partial charge in [-0.3, -0.25) is 9.59 Å². The zero-order valence-electron chi connectivity index (χ0n) is 17.8. The topological polar surface area (TPSA) is 104 Å². The maximum atomic E-state index is 13.0. The van der Waals surface area contributed by atoms with Crippen molar-refractivity contribution in [1.82, 2.24) is 10.0 Å². The SMILES string of the molecule is CC(C)NS(=O)(=O)c1cccc(C(=O)NC(C(=O)Nc2ccccc2)c2ccccc2)c1. The molecule has 1 unspecified atom stereocenters. The number of carbonyl (C=O) groups excluding carboxylic acids is 2. The van der Waals surface area contributed by atoms with Gasteiger partial charge in [-0.15, -0.1) is 0 Å². The first-order valence-corrected chi connectivity index (χ1v) is 11.6. The highest BCUT2D eigenvalue weighted by Gasteiger charge is 2.24. The zero-order valence-corrected chi connectivity index (χ0v) is 18.6. The number of sulfonamides is 1. The summed E-state index contributed by atoms with van der Waals surface area (Å²) in [4.78, 5) is 26.0. The monoisotopic (exact) mass is 451 g/mol. The van der Waals surface area contributed by atoms with E-state index in [-0.39, 0.29) is 16.5 Å². The van der Waals surface area contributed by atoms with Crippen molar-refractivity contribution in [2.45, 2.75) is 30.8 Å². The highest BCUT2D eigenvalue weighted by Crippen LogP contribution is 2.18. The van der Waals surface area contributed by atoms with E-state index in [4.69, 9.17) is 0 Å². The van der Waals surface area contributed by atoms with Gasteiger partial charge in [-0.25, -0.2) is 13.1 Å². The first-order chi connectivity index (χ1) is 15.3. The Hall–Kier alpha value is -3.49. The fourth-order valence-electron chi connectivity index (χ4n) is 3.08. The summed E-state index contributed by atoms with van der Waals surface area (Å²) >= 11 is 0. The Kier molecular flexibility index (Phi) is 7.40. The van der Waals surface area contributed by atoms with Crippen LogP contribution in [0.2, 0.25) is 0 Å². The molecule has 0 aromatic heterocycles. The first kappa shape index (κ1) is 23.2. The molecule has 0 saturated carbocycles. The molecule has 0 aliphatic rings. The molecule has 0 radical (unpaired) electrons. The third kappa shape index (κ3) is 6.03. The number of hydrogen-bond acceptors (Lipinski definition) is 4. The van der Waals surface area contributed by atoms with Crippen molar-refractivity contribution in [3.05, 3.63) is 96.1 Å². The van der Waals surface area contributed by atoms with E-state index >= 15 is 0 Å². The number of rotatable bonds is 8. The Bertz CT molecular complexity index is 1180. The minimum absolute atomic E-state index is 0.0242. The summed E-state index contributed by atoms with van der Waals surface area (Å²) in [6.07, 6.45) is 0. The molecule has 0 fully saturated rings. The van der Waals surface area contributed by atoms with Crippen molar-refractivity contribution in [3.63, 3.8) is 0 Å². The third-order valence-electron chi connectivity index (χ3n) is 4.51. The minimum atomic E-state index is -3.76. The molecule has 0 bridgehead atoms. The van der Waals surface area contributed by atoms with E-state index in [2.05, 4.69) is 15.4 Å². The second-order valence-electron chi connectivity index (χ2n) is 7.48. The number of hydrogen-bond donors (Lipinski definition) is 3. The van der Waals surface area contributed by atoms with Crippen LogP contribution in [0.4, 0.5) is 5.69 Å². The van der Waals surface area contributed by atoms with Crippen LogP contribution in [0.15, 0.2) is 89.8 Å². The van der Waals surface area contributed by atoms with Crippen molar-refractivity contribution in [2.24, 2.45) is 0 Å². The largest absolute Gasteiger partial charge is 0.336 e. The van der Waals surface area contributed by atoms with Crippen LogP contribution in [0.3, 0.4) is 0 Å². The molecule has 0 saturated heterocycles. The predicted octanol–water partition coefficient (Wildman–Crippen LogP) is 3.48. The predicted molar refractivity (Wildman–Crippen MR) is 124 cm³/mol. The van der Waals surface area contributed by atoms with Gasteiger partial charge in [0, 0.05) is 17.3 Å². The van der Waals surface area contributed by atoms with Crippen molar-refractivity contribution in [3.8, 4) is 0 Å². The first-order valence-electron chi connectivity index (χ1n) is 10.1. The molecule has 0 spiro atoms. The van der Waals surface area contributed by atoms with Crippen LogP contribution in [0.5, 0.6) is 0 Å². The summed E-state index contributed by atoms with van der Waals surface area (Å²) < 4.78 is 27.4. The lowest BCUT2D eigenvalue weighted by Gasteiger charge is -2.19. The second-order valence-corrected chi connectivity index (χ2v) is 9.19. The number of amides is 2. The van der Waals surface area contributed by atoms with Crippen molar-refractivity contribution in [1.29, 1.82) is 0 Å². The van der Waals surface area contributed by atoms with Gasteiger partial charge in [-0.1, -0.05) is 54.6 Å². The molecule has 0 heterocycles. The van der Waals surface area contributed by atoms with Gasteiger partial charge in [0.05, 0.1) is 4.90 Å². The fourth-order valence-corrected chi connectivity index (χ4v) is 4.38. The van der Waals surface area contributed by atoms with Crippen LogP contribution in [0.25, 0.3) is 0 Å². The summed E-state index contributed by atoms with van der Waals surface area (Å²) in [5, 5.41) is 5.52. The third-order valence-corrected chi connectivity index (χ3v) is 6.17. The van der Waals surface area contributed by atoms with Crippen molar-refractivity contribution < 1.29 is 18.0 Å². The fraction of sp³-hybridized carbons (Fsp3) is 0.167. The highest BCUT2D eigenvalue weighted by molar-refractivity contribution is 7.89. The van der Waals surface area contributed by atoms with Crippen LogP contribution in [0.1, 0.15) is 35.8 Å². The zero-order chi connectivity index (χ0) is 23.1. The number of anilines is 1. The summed E-state index contributed by atoms with van der Waals surface area (Å²) in [5.41, 5.74) is 1.32. The van der Waals surface area contributed by atoms with Gasteiger partial charge in [0.1, 0.15) is 6.04 Å². The summed E-state index contributed by atoms with van der Waals surface area (Å²) in [6, 6.07) is 22.2. The van der Waals surface area contributed by atoms with Gasteiger partial charge in [-0.05, 0) is 49.7 Å². The molecule has 8 heteroatoms. The van der Waals surface area contributed by atoms with E-state index in [0.717, 1.165) is 0 Å². The van der Waals surface area contributed by atoms with Crippen LogP contribution >= 0.6 is 0 Å². The molecule has 3 aromatic rings. The Morgan fingerprint density at radius 1 is 0.812 bits per heavy atom. The number of para-hydroxylation sites is 1. The number of benzene rings is 3. The van der Waals surface area contributed by atoms with E-state index in [9.17, 15) is 18.0 Å². The lowest BCUT2D eigenvalue weighted by Crippen LogP contribution is -2.37. The smallest absolute Gasteiger partial charge is 0.252 e. The van der Waals surface area contributed by atoms with Crippen molar-refractivity contribution in [2.75, 3.05) is 5.32 Å². The maximum Gasteiger partial charge on any atom is 0.252 e. The Balaban J connectivity index is 1.86. The molecule has 166 valence electrons. The summed E-state index contributed by atoms with van der Waals surface area (Å²) in [6.45, 7) is 3.42. The number of carbonyl (C=O) groups is 2. The lowest BCUT2D eigenvalue weighted by atomic mass is 10.1. The molecular formula is C24H25N3O4S. The Morgan fingerprint density at radius 2 is 1.44 bits per heavy atom. The van der Waals surface area contributed by atoms with Crippen LogP contribution in [-0.4, -0.2) is 26.3 Å². The van der Waals surface area contributed by atoms with Crippen LogP contribution in [0, 0.1) is 0 Å². The lowest BCUT2D eigenvalue weighted by molar-refractivity contribution is -0.118. The summed E-state index contributed by atoms with van der Waals surface area (Å²) in [7, 11) is -3.76. The van der Waals surface area contributed by atoms with E-state index in [1.165, 1.54) is 24.3 Å². The van der Waals surface area contributed by atoms with Gasteiger partial charge in [0.25, 0.3) is 11.8 Å². The molecule has 0 aliphatic heterocycles. The molecule has 32 heavy (non-hydrogen) atoms. The van der Waals surface area contributed by atoms with Crippen LogP contribution < -0.4 is 15.4 Å². The average Bonchev–Trinajstić information content (AvgIpc) is 2.77. The molecule has 2 amide bonds. The van der Waals surface area contributed by atoms with E-state index in [1.807, 2.05) is 12.1 Å². The molecule has 1 atom stereocenters. The average molecular weight is 452 g/mol. The highest BCUT2D eigenvalue weighted by atomic mass is 32.2. The molecule has 3 aromatic carbocycles. The Labute approximate surface area is 187 Å². The normalized spacial score (nSPS) is 12.2. The van der Waals surface area contributed by atoms with Gasteiger partial charge in [0.15, 0.2) is 0 Å². The summed E-state index contributed by atoms with van der Waals surface area (Å²) in [5.74, 6) is -0.982. The van der Waals surface area contributed by atoms with Crippen molar-refractivity contribution >= 4 is 27.5 Å². The van der Waals surface area contributed by atoms with E-state index in [0.29, 0.717) is 11.3 Å². The quantitative estimate of drug-likeness (QED) is 0.488. The maximum absolute atomic E-state index is 13.0. The van der Waals surface area contributed by atoms with Crippen LogP contribution in [-0.2, 0) is 14.8 Å². The molecule has 3 N–H and O–H groups in total. The van der Waals surface area contributed by atoms with Gasteiger partial charge in [0.2, 0.25) is 10.0 Å². The van der Waals surface area contributed by atoms with E-state index < -0.39 is 27.9 Å². The van der Waals surface area contributed by atoms with E-state index in [1.54, 1.807) is 62.4 Å². The molecule has 0 aliphatic carbocycles. The van der Waals surface area contributed by atoms with Gasteiger partial charge in [-0.2, -0.15) is 0 Å². The number of nitrogens with one attached hydrogen (secondary N) is 3. The molecular weight excluding hydrogens is 426 g/mol. The van der Waals surface area contributed by atoms with Gasteiger partial charge >= 0.3 is 0 Å². The molecule has 7 nitrogen and oxygen atoms in total. The molecule has 3 rings (SSSR count).